The number of fused-ring (bicyclic) bond motifs is 2. The van der Waals surface area contributed by atoms with Crippen molar-refractivity contribution in [1.82, 2.24) is 0 Å². The Bertz CT molecular complexity index is 1010. The summed E-state index contributed by atoms with van der Waals surface area (Å²) in [6, 6.07) is 7.91. The predicted molar refractivity (Wildman–Crippen MR) is 151 cm³/mol. The smallest absolute Gasteiger partial charge is 0.252 e. The second-order valence-corrected chi connectivity index (χ2v) is 12.8. The number of phenols is 2. The Morgan fingerprint density at radius 1 is 0.622 bits per heavy atom. The van der Waals surface area contributed by atoms with Crippen LogP contribution in [0.1, 0.15) is 128 Å². The lowest BCUT2D eigenvalue weighted by molar-refractivity contribution is -0.166. The van der Waals surface area contributed by atoms with Gasteiger partial charge in [0.25, 0.3) is 5.79 Å². The average Bonchev–Trinajstić information content (AvgIpc) is 2.79. The summed E-state index contributed by atoms with van der Waals surface area (Å²) in [5, 5.41) is 21.7. The molecule has 0 aliphatic carbocycles. The van der Waals surface area contributed by atoms with Gasteiger partial charge in [-0.05, 0) is 48.9 Å². The summed E-state index contributed by atoms with van der Waals surface area (Å²) >= 11 is 0. The van der Waals surface area contributed by atoms with Gasteiger partial charge in [0.1, 0.15) is 23.0 Å². The molecule has 2 aliphatic rings. The van der Waals surface area contributed by atoms with Crippen molar-refractivity contribution in [3.05, 3.63) is 46.5 Å². The Balaban J connectivity index is 1.61. The molecular formula is C33H48O4. The SMILES string of the molecule is CCCCCCc1cc2c(cc1O)OC1(CC2(C)C)CC(C)(C)c2cc(CCCCCC)c(O)cc2O1. The Hall–Kier alpha value is -2.36. The highest BCUT2D eigenvalue weighted by molar-refractivity contribution is 5.53. The van der Waals surface area contributed by atoms with E-state index in [1.165, 1.54) is 38.5 Å². The number of phenolic OH excluding ortho intramolecular Hbond substituents is 2. The fourth-order valence-electron chi connectivity index (χ4n) is 6.51. The molecule has 2 aromatic carbocycles. The van der Waals surface area contributed by atoms with Gasteiger partial charge in [-0.25, -0.2) is 0 Å². The maximum absolute atomic E-state index is 10.9. The van der Waals surface area contributed by atoms with Crippen molar-refractivity contribution in [2.45, 2.75) is 135 Å². The van der Waals surface area contributed by atoms with E-state index in [2.05, 4.69) is 53.7 Å². The minimum Gasteiger partial charge on any atom is -0.508 e. The molecule has 0 saturated carbocycles. The summed E-state index contributed by atoms with van der Waals surface area (Å²) in [7, 11) is 0. The fourth-order valence-corrected chi connectivity index (χ4v) is 6.51. The first-order valence-electron chi connectivity index (χ1n) is 14.6. The summed E-state index contributed by atoms with van der Waals surface area (Å²) in [5.74, 6) is 1.19. The fraction of sp³-hybridized carbons (Fsp3) is 0.636. The van der Waals surface area contributed by atoms with Gasteiger partial charge in [0.2, 0.25) is 0 Å². The van der Waals surface area contributed by atoms with Gasteiger partial charge < -0.3 is 19.7 Å². The molecule has 0 atom stereocenters. The lowest BCUT2D eigenvalue weighted by Gasteiger charge is -2.51. The van der Waals surface area contributed by atoms with Crippen LogP contribution in [0, 0.1) is 0 Å². The van der Waals surface area contributed by atoms with Crippen LogP contribution in [0.3, 0.4) is 0 Å². The third-order valence-electron chi connectivity index (χ3n) is 8.43. The first-order valence-corrected chi connectivity index (χ1v) is 14.6. The first kappa shape index (κ1) is 27.7. The molecule has 204 valence electrons. The maximum atomic E-state index is 10.9. The molecule has 0 fully saturated rings. The monoisotopic (exact) mass is 508 g/mol. The first-order chi connectivity index (χ1) is 17.5. The van der Waals surface area contributed by atoms with Crippen LogP contribution in [0.2, 0.25) is 0 Å². The molecule has 2 heterocycles. The van der Waals surface area contributed by atoms with Gasteiger partial charge in [-0.15, -0.1) is 0 Å². The van der Waals surface area contributed by atoms with Gasteiger partial charge >= 0.3 is 0 Å². The van der Waals surface area contributed by atoms with E-state index in [1.807, 2.05) is 0 Å². The number of aryl methyl sites for hydroxylation is 2. The van der Waals surface area contributed by atoms with Crippen molar-refractivity contribution >= 4 is 0 Å². The molecule has 0 bridgehead atoms. The minimum atomic E-state index is -0.850. The second-order valence-electron chi connectivity index (χ2n) is 12.8. The standard InChI is InChI=1S/C33H48O4/c1-7-9-11-13-15-23-17-25-29(19-27(23)34)36-33(21-31(25,3)4)22-32(5,6)26-18-24(16-14-12-10-8-2)28(35)20-30(26)37-33/h17-20,34-35H,7-16,21-22H2,1-6H3. The topological polar surface area (TPSA) is 58.9 Å². The maximum Gasteiger partial charge on any atom is 0.252 e. The zero-order valence-corrected chi connectivity index (χ0v) is 24.0. The lowest BCUT2D eigenvalue weighted by atomic mass is 9.68. The molecule has 37 heavy (non-hydrogen) atoms. The molecule has 4 nitrogen and oxygen atoms in total. The third-order valence-corrected chi connectivity index (χ3v) is 8.43. The van der Waals surface area contributed by atoms with E-state index in [4.69, 9.17) is 9.47 Å². The average molecular weight is 509 g/mol. The lowest BCUT2D eigenvalue weighted by Crippen LogP contribution is -2.55. The Labute approximate surface area is 224 Å². The number of rotatable bonds is 10. The van der Waals surface area contributed by atoms with E-state index in [9.17, 15) is 10.2 Å². The van der Waals surface area contributed by atoms with E-state index >= 15 is 0 Å². The van der Waals surface area contributed by atoms with E-state index < -0.39 is 5.79 Å². The molecule has 2 aliphatic heterocycles. The summed E-state index contributed by atoms with van der Waals surface area (Å²) in [6.07, 6.45) is 12.6. The van der Waals surface area contributed by atoms with Crippen molar-refractivity contribution in [2.24, 2.45) is 0 Å². The number of benzene rings is 2. The number of aromatic hydroxyl groups is 2. The van der Waals surface area contributed by atoms with Gasteiger partial charge in [-0.1, -0.05) is 80.1 Å². The van der Waals surface area contributed by atoms with Crippen molar-refractivity contribution in [2.75, 3.05) is 0 Å². The molecule has 0 aromatic heterocycles. The van der Waals surface area contributed by atoms with Gasteiger partial charge in [-0.2, -0.15) is 0 Å². The van der Waals surface area contributed by atoms with Crippen LogP contribution < -0.4 is 9.47 Å². The van der Waals surface area contributed by atoms with Gasteiger partial charge in [-0.3, -0.25) is 0 Å². The predicted octanol–water partition coefficient (Wildman–Crippen LogP) is 8.86. The highest BCUT2D eigenvalue weighted by Gasteiger charge is 2.53. The van der Waals surface area contributed by atoms with Gasteiger partial charge in [0.15, 0.2) is 0 Å². The van der Waals surface area contributed by atoms with Crippen LogP contribution >= 0.6 is 0 Å². The summed E-state index contributed by atoms with van der Waals surface area (Å²) < 4.78 is 13.3. The molecule has 0 unspecified atom stereocenters. The van der Waals surface area contributed by atoms with Crippen molar-refractivity contribution < 1.29 is 19.7 Å². The van der Waals surface area contributed by atoms with E-state index in [0.717, 1.165) is 47.9 Å². The molecular weight excluding hydrogens is 460 g/mol. The molecule has 2 N–H and O–H groups in total. The van der Waals surface area contributed by atoms with Gasteiger partial charge in [0, 0.05) is 46.9 Å². The molecule has 2 aromatic rings. The van der Waals surface area contributed by atoms with Crippen LogP contribution in [-0.2, 0) is 23.7 Å². The molecule has 4 heteroatoms. The van der Waals surface area contributed by atoms with Crippen LogP contribution in [0.25, 0.3) is 0 Å². The zero-order valence-electron chi connectivity index (χ0n) is 24.0. The Morgan fingerprint density at radius 2 is 1.03 bits per heavy atom. The quantitative estimate of drug-likeness (QED) is 0.315. The third kappa shape index (κ3) is 5.89. The number of hydrogen-bond acceptors (Lipinski definition) is 4. The normalized spacial score (nSPS) is 18.5. The molecule has 1 spiro atoms. The van der Waals surface area contributed by atoms with Crippen molar-refractivity contribution in [3.63, 3.8) is 0 Å². The van der Waals surface area contributed by atoms with Crippen LogP contribution in [0.5, 0.6) is 23.0 Å². The largest absolute Gasteiger partial charge is 0.508 e. The van der Waals surface area contributed by atoms with E-state index in [0.29, 0.717) is 35.8 Å². The summed E-state index contributed by atoms with van der Waals surface area (Å²) in [4.78, 5) is 0. The van der Waals surface area contributed by atoms with Gasteiger partial charge in [0.05, 0.1) is 0 Å². The second kappa shape index (κ2) is 10.8. The van der Waals surface area contributed by atoms with Crippen LogP contribution in [0.4, 0.5) is 0 Å². The molecule has 0 amide bonds. The molecule has 0 saturated heterocycles. The van der Waals surface area contributed by atoms with E-state index in [1.54, 1.807) is 12.1 Å². The summed E-state index contributed by atoms with van der Waals surface area (Å²) in [6.45, 7) is 13.4. The molecule has 4 rings (SSSR count). The summed E-state index contributed by atoms with van der Waals surface area (Å²) in [5.41, 5.74) is 3.92. The zero-order chi connectivity index (χ0) is 26.8. The van der Waals surface area contributed by atoms with Crippen LogP contribution in [-0.4, -0.2) is 16.0 Å². The van der Waals surface area contributed by atoms with Crippen molar-refractivity contribution in [3.8, 4) is 23.0 Å². The van der Waals surface area contributed by atoms with Crippen molar-refractivity contribution in [1.29, 1.82) is 0 Å². The molecule has 0 radical (unpaired) electrons. The highest BCUT2D eigenvalue weighted by Crippen LogP contribution is 2.55. The highest BCUT2D eigenvalue weighted by atomic mass is 16.7. The number of unbranched alkanes of at least 4 members (excludes halogenated alkanes) is 6. The Morgan fingerprint density at radius 3 is 1.41 bits per heavy atom. The number of hydrogen-bond donors (Lipinski definition) is 2. The van der Waals surface area contributed by atoms with E-state index in [-0.39, 0.29) is 10.8 Å². The Kier molecular flexibility index (Phi) is 8.07. The number of ether oxygens (including phenoxy) is 2. The minimum absolute atomic E-state index is 0.186. The van der Waals surface area contributed by atoms with Crippen LogP contribution in [0.15, 0.2) is 24.3 Å².